The summed E-state index contributed by atoms with van der Waals surface area (Å²) in [6.45, 7) is 0. The van der Waals surface area contributed by atoms with Gasteiger partial charge >= 0.3 is 121 Å². The molecule has 0 amide bonds. The molecule has 0 aliphatic heterocycles. The topological polar surface area (TPSA) is 78.4 Å². The molecular formula is C12H8BiN2O4. The Labute approximate surface area is 121 Å². The maximum absolute atomic E-state index is 11.5. The van der Waals surface area contributed by atoms with Crippen molar-refractivity contribution in [3.63, 3.8) is 0 Å². The van der Waals surface area contributed by atoms with Crippen LogP contribution < -0.4 is 0 Å². The van der Waals surface area contributed by atoms with Crippen LogP contribution in [0, 0.1) is 0 Å². The zero-order valence-electron chi connectivity index (χ0n) is 9.59. The first-order chi connectivity index (χ1) is 9.27. The second-order valence-corrected chi connectivity index (χ2v) is 5.26. The van der Waals surface area contributed by atoms with Gasteiger partial charge in [0, 0.05) is 0 Å². The zero-order chi connectivity index (χ0) is 13.5. The Balaban J connectivity index is 1.81. The quantitative estimate of drug-likeness (QED) is 0.644. The van der Waals surface area contributed by atoms with E-state index in [-0.39, 0.29) is 11.4 Å². The first kappa shape index (κ1) is 13.6. The second-order valence-electron chi connectivity index (χ2n) is 3.26. The van der Waals surface area contributed by atoms with Crippen molar-refractivity contribution in [1.82, 2.24) is 9.97 Å². The third-order valence-electron chi connectivity index (χ3n) is 1.99. The summed E-state index contributed by atoms with van der Waals surface area (Å²) in [4.78, 5) is 30.7. The van der Waals surface area contributed by atoms with E-state index in [1.54, 1.807) is 24.3 Å². The van der Waals surface area contributed by atoms with E-state index in [0.717, 1.165) is 0 Å². The maximum atomic E-state index is 11.5. The summed E-state index contributed by atoms with van der Waals surface area (Å²) in [6.07, 6.45) is 2.98. The molecule has 2 heterocycles. The molecule has 0 fully saturated rings. The van der Waals surface area contributed by atoms with Crippen molar-refractivity contribution >= 4 is 36.1 Å². The Bertz CT molecular complexity index is 511. The molecule has 95 valence electrons. The van der Waals surface area contributed by atoms with Gasteiger partial charge in [0.25, 0.3) is 0 Å². The molecule has 1 radical (unpaired) electrons. The molecule has 0 bridgehead atoms. The zero-order valence-corrected chi connectivity index (χ0v) is 13.1. The summed E-state index contributed by atoms with van der Waals surface area (Å²) in [7, 11) is 0. The van der Waals surface area contributed by atoms with E-state index in [4.69, 9.17) is 5.63 Å². The van der Waals surface area contributed by atoms with Crippen molar-refractivity contribution in [3.05, 3.63) is 60.2 Å². The summed E-state index contributed by atoms with van der Waals surface area (Å²) < 4.78 is 9.86. The summed E-state index contributed by atoms with van der Waals surface area (Å²) in [5.41, 5.74) is 0.389. The van der Waals surface area contributed by atoms with Crippen LogP contribution >= 0.6 is 0 Å². The molecule has 0 atom stereocenters. The third kappa shape index (κ3) is 4.07. The van der Waals surface area contributed by atoms with Gasteiger partial charge in [0.2, 0.25) is 0 Å². The number of nitrogens with zero attached hydrogens (tertiary/aromatic N) is 2. The van der Waals surface area contributed by atoms with Crippen LogP contribution in [0.25, 0.3) is 0 Å². The minimum atomic E-state index is -2.13. The molecule has 6 nitrogen and oxygen atoms in total. The molecule has 7 heteroatoms. The molecule has 0 unspecified atom stereocenters. The van der Waals surface area contributed by atoms with E-state index >= 15 is 0 Å². The molecule has 0 aromatic carbocycles. The Morgan fingerprint density at radius 1 is 0.842 bits per heavy atom. The standard InChI is InChI=1S/2C6H5NO2.Bi/c2*8-6(9)5-3-1-2-4-7-5;/h2*1-4H,(H,8,9);/q;;+2/p-2. The third-order valence-corrected chi connectivity index (χ3v) is 3.86. The molecule has 2 aromatic rings. The molecule has 0 saturated carbocycles. The number of hydrogen-bond acceptors (Lipinski definition) is 6. The molecule has 0 N–H and O–H groups in total. The Hall–Kier alpha value is -1.88. The van der Waals surface area contributed by atoms with Crippen LogP contribution in [0.15, 0.2) is 48.8 Å². The van der Waals surface area contributed by atoms with Gasteiger partial charge in [-0.1, -0.05) is 0 Å². The van der Waals surface area contributed by atoms with Crippen molar-refractivity contribution in [2.24, 2.45) is 0 Å². The van der Waals surface area contributed by atoms with Crippen LogP contribution in [0.5, 0.6) is 0 Å². The van der Waals surface area contributed by atoms with Crippen LogP contribution in [-0.4, -0.2) is 46.0 Å². The number of carbonyl (C=O) groups is 2. The van der Waals surface area contributed by atoms with E-state index in [2.05, 4.69) is 9.97 Å². The van der Waals surface area contributed by atoms with Crippen molar-refractivity contribution < 1.29 is 15.2 Å². The number of carbonyl (C=O) groups excluding carboxylic acids is 2. The first-order valence-corrected chi connectivity index (χ1v) is 8.06. The van der Waals surface area contributed by atoms with Crippen molar-refractivity contribution in [2.75, 3.05) is 0 Å². The molecule has 2 rings (SSSR count). The van der Waals surface area contributed by atoms with Gasteiger partial charge in [-0.05, 0) is 0 Å². The Kier molecular flexibility index (Phi) is 4.92. The average molecular weight is 453 g/mol. The SMILES string of the molecule is O=C([O][Bi][O]C(=O)c1ccccn1)c1ccccn1. The van der Waals surface area contributed by atoms with Gasteiger partial charge in [0.1, 0.15) is 0 Å². The van der Waals surface area contributed by atoms with E-state index in [9.17, 15) is 9.59 Å². The summed E-state index contributed by atoms with van der Waals surface area (Å²) >= 11 is -2.13. The summed E-state index contributed by atoms with van der Waals surface area (Å²) in [5.74, 6) is -1.16. The van der Waals surface area contributed by atoms with Gasteiger partial charge in [-0.3, -0.25) is 0 Å². The summed E-state index contributed by atoms with van der Waals surface area (Å²) in [6, 6.07) is 9.80. The van der Waals surface area contributed by atoms with Crippen LogP contribution in [0.3, 0.4) is 0 Å². The predicted molar refractivity (Wildman–Crippen MR) is 65.1 cm³/mol. The predicted octanol–water partition coefficient (Wildman–Crippen LogP) is 1.02. The van der Waals surface area contributed by atoms with Crippen LogP contribution in [0.4, 0.5) is 0 Å². The van der Waals surface area contributed by atoms with E-state index in [1.165, 1.54) is 24.5 Å². The van der Waals surface area contributed by atoms with Crippen molar-refractivity contribution in [1.29, 1.82) is 0 Å². The Morgan fingerprint density at radius 2 is 1.32 bits per heavy atom. The monoisotopic (exact) mass is 453 g/mol. The number of rotatable bonds is 4. The van der Waals surface area contributed by atoms with Crippen LogP contribution in [0.1, 0.15) is 21.0 Å². The van der Waals surface area contributed by atoms with Crippen LogP contribution in [0.2, 0.25) is 0 Å². The minimum absolute atomic E-state index is 0.195. The van der Waals surface area contributed by atoms with Crippen molar-refractivity contribution in [2.45, 2.75) is 0 Å². The van der Waals surface area contributed by atoms with Crippen LogP contribution in [-0.2, 0) is 5.63 Å². The van der Waals surface area contributed by atoms with Crippen molar-refractivity contribution in [3.8, 4) is 0 Å². The van der Waals surface area contributed by atoms with E-state index < -0.39 is 36.1 Å². The molecule has 0 aliphatic carbocycles. The fourth-order valence-corrected chi connectivity index (χ4v) is 2.55. The fourth-order valence-electron chi connectivity index (χ4n) is 1.15. The van der Waals surface area contributed by atoms with Gasteiger partial charge < -0.3 is 0 Å². The molecular weight excluding hydrogens is 445 g/mol. The molecule has 0 aliphatic rings. The fraction of sp³-hybridized carbons (Fsp3) is 0. The number of hydrogen-bond donors (Lipinski definition) is 0. The van der Waals surface area contributed by atoms with Gasteiger partial charge in [-0.2, -0.15) is 0 Å². The van der Waals surface area contributed by atoms with Gasteiger partial charge in [0.15, 0.2) is 0 Å². The summed E-state index contributed by atoms with van der Waals surface area (Å²) in [5, 5.41) is 0. The van der Waals surface area contributed by atoms with Gasteiger partial charge in [-0.25, -0.2) is 0 Å². The van der Waals surface area contributed by atoms with E-state index in [1.807, 2.05) is 0 Å². The normalized spacial score (nSPS) is 9.68. The average Bonchev–Trinajstić information content (AvgIpc) is 2.49. The number of aromatic nitrogens is 2. The number of pyridine rings is 2. The molecule has 2 aromatic heterocycles. The van der Waals surface area contributed by atoms with Gasteiger partial charge in [0.05, 0.1) is 0 Å². The van der Waals surface area contributed by atoms with Gasteiger partial charge in [-0.15, -0.1) is 0 Å². The second kappa shape index (κ2) is 6.90. The van der Waals surface area contributed by atoms with E-state index in [0.29, 0.717) is 0 Å². The molecule has 0 spiro atoms. The molecule has 0 saturated heterocycles. The first-order valence-electron chi connectivity index (χ1n) is 5.22. The Morgan fingerprint density at radius 3 is 1.68 bits per heavy atom. The molecule has 19 heavy (non-hydrogen) atoms.